The minimum absolute atomic E-state index is 0.0684. The lowest BCUT2D eigenvalue weighted by molar-refractivity contribution is 0.0989. The van der Waals surface area contributed by atoms with Crippen LogP contribution in [0.4, 0.5) is 4.39 Å². The van der Waals surface area contributed by atoms with Gasteiger partial charge in [0.25, 0.3) is 0 Å². The molecule has 0 unspecified atom stereocenters. The van der Waals surface area contributed by atoms with E-state index >= 15 is 0 Å². The van der Waals surface area contributed by atoms with Gasteiger partial charge in [-0.25, -0.2) is 4.39 Å². The predicted octanol–water partition coefficient (Wildman–Crippen LogP) is 4.68. The number of Topliss-reactive ketones (excluding diaryl/α,β-unsaturated/α-hetero) is 1. The smallest absolute Gasteiger partial charge is 0.171 e. The van der Waals surface area contributed by atoms with Gasteiger partial charge in [0.15, 0.2) is 5.78 Å². The van der Waals surface area contributed by atoms with Gasteiger partial charge in [0.05, 0.1) is 22.2 Å². The second-order valence-corrected chi connectivity index (χ2v) is 5.43. The Balaban J connectivity index is 2.26. The fourth-order valence-electron chi connectivity index (χ4n) is 1.86. The van der Waals surface area contributed by atoms with Crippen LogP contribution in [0.25, 0.3) is 0 Å². The van der Waals surface area contributed by atoms with E-state index in [0.29, 0.717) is 5.75 Å². The third-order valence-electron chi connectivity index (χ3n) is 2.82. The van der Waals surface area contributed by atoms with E-state index in [1.807, 2.05) is 0 Å². The summed E-state index contributed by atoms with van der Waals surface area (Å²) in [5.41, 5.74) is 0.683. The van der Waals surface area contributed by atoms with E-state index < -0.39 is 5.82 Å². The van der Waals surface area contributed by atoms with Crippen molar-refractivity contribution in [2.24, 2.45) is 0 Å². The van der Waals surface area contributed by atoms with Crippen molar-refractivity contribution in [3.05, 3.63) is 62.8 Å². The van der Waals surface area contributed by atoms with Crippen molar-refractivity contribution in [2.75, 3.05) is 7.11 Å². The van der Waals surface area contributed by atoms with E-state index in [-0.39, 0.29) is 22.8 Å². The summed E-state index contributed by atoms with van der Waals surface area (Å²) < 4.78 is 19.5. The first-order valence-corrected chi connectivity index (χ1v) is 6.99. The molecule has 2 aromatic rings. The molecule has 0 aliphatic carbocycles. The van der Waals surface area contributed by atoms with Crippen LogP contribution >= 0.6 is 27.5 Å². The number of rotatable bonds is 4. The Morgan fingerprint density at radius 1 is 1.35 bits per heavy atom. The highest BCUT2D eigenvalue weighted by Crippen LogP contribution is 2.27. The molecule has 0 spiro atoms. The van der Waals surface area contributed by atoms with Gasteiger partial charge in [-0.05, 0) is 45.8 Å². The molecule has 2 rings (SSSR count). The summed E-state index contributed by atoms with van der Waals surface area (Å²) >= 11 is 9.23. The number of ether oxygens (including phenoxy) is 1. The van der Waals surface area contributed by atoms with Crippen molar-refractivity contribution in [2.45, 2.75) is 6.42 Å². The zero-order chi connectivity index (χ0) is 14.7. The van der Waals surface area contributed by atoms with Gasteiger partial charge in [-0.15, -0.1) is 0 Å². The van der Waals surface area contributed by atoms with E-state index in [0.717, 1.165) is 10.0 Å². The zero-order valence-corrected chi connectivity index (χ0v) is 13.0. The van der Waals surface area contributed by atoms with Crippen LogP contribution in [-0.2, 0) is 6.42 Å². The van der Waals surface area contributed by atoms with E-state index in [4.69, 9.17) is 16.3 Å². The van der Waals surface area contributed by atoms with Crippen molar-refractivity contribution < 1.29 is 13.9 Å². The average molecular weight is 358 g/mol. The highest BCUT2D eigenvalue weighted by atomic mass is 79.9. The van der Waals surface area contributed by atoms with Gasteiger partial charge in [-0.3, -0.25) is 4.79 Å². The minimum Gasteiger partial charge on any atom is -0.496 e. The van der Waals surface area contributed by atoms with Crippen LogP contribution in [-0.4, -0.2) is 12.9 Å². The predicted molar refractivity (Wildman–Crippen MR) is 80.1 cm³/mol. The van der Waals surface area contributed by atoms with Crippen molar-refractivity contribution in [3.8, 4) is 5.75 Å². The first-order valence-electron chi connectivity index (χ1n) is 5.82. The molecule has 0 saturated heterocycles. The van der Waals surface area contributed by atoms with Gasteiger partial charge in [-0.1, -0.05) is 23.7 Å². The number of carbonyl (C=O) groups is 1. The summed E-state index contributed by atoms with van der Waals surface area (Å²) in [7, 11) is 1.56. The molecule has 0 N–H and O–H groups in total. The molecule has 104 valence electrons. The largest absolute Gasteiger partial charge is 0.496 e. The second kappa shape index (κ2) is 6.37. The first-order chi connectivity index (χ1) is 9.52. The summed E-state index contributed by atoms with van der Waals surface area (Å²) in [6.07, 6.45) is 0.0727. The Labute approximate surface area is 129 Å². The van der Waals surface area contributed by atoms with E-state index in [2.05, 4.69) is 15.9 Å². The quantitative estimate of drug-likeness (QED) is 0.743. The van der Waals surface area contributed by atoms with Crippen LogP contribution in [0.1, 0.15) is 15.9 Å². The van der Waals surface area contributed by atoms with Crippen molar-refractivity contribution in [1.82, 2.24) is 0 Å². The fraction of sp³-hybridized carbons (Fsp3) is 0.133. The number of benzene rings is 2. The second-order valence-electron chi connectivity index (χ2n) is 4.17. The molecule has 2 nitrogen and oxygen atoms in total. The third-order valence-corrected chi connectivity index (χ3v) is 3.76. The lowest BCUT2D eigenvalue weighted by Gasteiger charge is -2.07. The Hall–Kier alpha value is -1.39. The Bertz CT molecular complexity index is 638. The molecule has 0 aromatic heterocycles. The molecule has 0 heterocycles. The summed E-state index contributed by atoms with van der Waals surface area (Å²) in [5, 5.41) is 0.127. The number of methoxy groups -OCH3 is 1. The number of carbonyl (C=O) groups excluding carboxylic acids is 1. The van der Waals surface area contributed by atoms with E-state index in [9.17, 15) is 9.18 Å². The molecule has 0 aliphatic heterocycles. The number of ketones is 1. The highest BCUT2D eigenvalue weighted by molar-refractivity contribution is 9.10. The molecule has 2 aromatic carbocycles. The van der Waals surface area contributed by atoms with Crippen LogP contribution < -0.4 is 4.74 Å². The monoisotopic (exact) mass is 356 g/mol. The van der Waals surface area contributed by atoms with Crippen LogP contribution in [0.2, 0.25) is 5.02 Å². The summed E-state index contributed by atoms with van der Waals surface area (Å²) in [6, 6.07) is 9.47. The summed E-state index contributed by atoms with van der Waals surface area (Å²) in [4.78, 5) is 12.2. The molecule has 0 atom stereocenters. The van der Waals surface area contributed by atoms with Gasteiger partial charge in [-0.2, -0.15) is 0 Å². The summed E-state index contributed by atoms with van der Waals surface area (Å²) in [6.45, 7) is 0. The van der Waals surface area contributed by atoms with Crippen LogP contribution in [0.15, 0.2) is 40.9 Å². The Kier molecular flexibility index (Phi) is 4.78. The normalized spacial score (nSPS) is 10.4. The molecule has 5 heteroatoms. The molecular weight excluding hydrogens is 347 g/mol. The van der Waals surface area contributed by atoms with E-state index in [1.165, 1.54) is 18.2 Å². The van der Waals surface area contributed by atoms with E-state index in [1.54, 1.807) is 25.3 Å². The molecule has 20 heavy (non-hydrogen) atoms. The molecule has 0 bridgehead atoms. The molecule has 0 amide bonds. The zero-order valence-electron chi connectivity index (χ0n) is 10.6. The lowest BCUT2D eigenvalue weighted by Crippen LogP contribution is -2.07. The number of hydrogen-bond donors (Lipinski definition) is 0. The molecule has 0 aliphatic rings. The van der Waals surface area contributed by atoms with Gasteiger partial charge in [0.1, 0.15) is 11.6 Å². The topological polar surface area (TPSA) is 26.3 Å². The van der Waals surface area contributed by atoms with Crippen molar-refractivity contribution in [1.29, 1.82) is 0 Å². The fourth-order valence-corrected chi connectivity index (χ4v) is 2.71. The van der Waals surface area contributed by atoms with Gasteiger partial charge in [0.2, 0.25) is 0 Å². The Morgan fingerprint density at radius 2 is 2.10 bits per heavy atom. The van der Waals surface area contributed by atoms with Gasteiger partial charge in [0, 0.05) is 6.42 Å². The molecule has 0 fully saturated rings. The Morgan fingerprint density at radius 3 is 2.70 bits per heavy atom. The van der Waals surface area contributed by atoms with Crippen LogP contribution in [0, 0.1) is 5.82 Å². The van der Waals surface area contributed by atoms with Crippen LogP contribution in [0.3, 0.4) is 0 Å². The average Bonchev–Trinajstić information content (AvgIpc) is 2.38. The first kappa shape index (κ1) is 15.0. The lowest BCUT2D eigenvalue weighted by atomic mass is 10.0. The maximum atomic E-state index is 13.7. The maximum Gasteiger partial charge on any atom is 0.171 e. The van der Waals surface area contributed by atoms with Crippen LogP contribution in [0.5, 0.6) is 5.75 Å². The summed E-state index contributed by atoms with van der Waals surface area (Å²) in [5.74, 6) is -0.287. The number of hydrogen-bond acceptors (Lipinski definition) is 2. The van der Waals surface area contributed by atoms with Gasteiger partial charge < -0.3 is 4.74 Å². The molecule has 0 radical (unpaired) electrons. The SMILES string of the molecule is COc1ccc(CC(=O)c2c(F)cccc2Cl)cc1Br. The molecule has 0 saturated carbocycles. The molecular formula is C15H11BrClFO2. The highest BCUT2D eigenvalue weighted by Gasteiger charge is 2.16. The van der Waals surface area contributed by atoms with Gasteiger partial charge >= 0.3 is 0 Å². The van der Waals surface area contributed by atoms with Crippen molar-refractivity contribution in [3.63, 3.8) is 0 Å². The standard InChI is InChI=1S/C15H11BrClFO2/c1-20-14-6-5-9(7-10(14)16)8-13(19)15-11(17)3-2-4-12(15)18/h2-7H,8H2,1H3. The number of halogens is 3. The third kappa shape index (κ3) is 3.19. The maximum absolute atomic E-state index is 13.7. The minimum atomic E-state index is -0.602. The van der Waals surface area contributed by atoms with Crippen molar-refractivity contribution >= 4 is 33.3 Å².